The molecule has 0 bridgehead atoms. The number of benzene rings is 3. The van der Waals surface area contributed by atoms with E-state index < -0.39 is 5.97 Å². The number of nitrogens with zero attached hydrogens (tertiary/aromatic N) is 2. The van der Waals surface area contributed by atoms with Crippen LogP contribution in [0.15, 0.2) is 82.7 Å². The van der Waals surface area contributed by atoms with Crippen molar-refractivity contribution < 1.29 is 19.4 Å². The fourth-order valence-corrected chi connectivity index (χ4v) is 4.14. The van der Waals surface area contributed by atoms with Gasteiger partial charge in [0.1, 0.15) is 12.4 Å². The number of aliphatic imine (C=N–C) groups is 1. The van der Waals surface area contributed by atoms with Crippen molar-refractivity contribution in [3.8, 4) is 5.75 Å². The molecule has 0 saturated heterocycles. The van der Waals surface area contributed by atoms with Crippen LogP contribution in [0.25, 0.3) is 6.08 Å². The first-order valence-electron chi connectivity index (χ1n) is 10.3. The molecule has 0 atom stereocenters. The van der Waals surface area contributed by atoms with Crippen molar-refractivity contribution in [3.05, 3.63) is 100.0 Å². The van der Waals surface area contributed by atoms with Crippen molar-refractivity contribution in [1.29, 1.82) is 0 Å². The van der Waals surface area contributed by atoms with Crippen LogP contribution in [-0.4, -0.2) is 29.2 Å². The number of carbonyl (C=O) groups is 2. The van der Waals surface area contributed by atoms with E-state index in [1.54, 1.807) is 36.2 Å². The molecule has 1 N–H and O–H groups in total. The van der Waals surface area contributed by atoms with Gasteiger partial charge in [-0.15, -0.1) is 0 Å². The number of rotatable bonds is 6. The van der Waals surface area contributed by atoms with E-state index in [-0.39, 0.29) is 11.5 Å². The zero-order valence-corrected chi connectivity index (χ0v) is 19.0. The van der Waals surface area contributed by atoms with Crippen LogP contribution in [0.1, 0.15) is 27.0 Å². The average Bonchev–Trinajstić information content (AvgIpc) is 3.19. The number of para-hydroxylation sites is 1. The number of hydrogen-bond donors (Lipinski definition) is 1. The third-order valence-electron chi connectivity index (χ3n) is 5.10. The quantitative estimate of drug-likeness (QED) is 0.500. The summed E-state index contributed by atoms with van der Waals surface area (Å²) in [5, 5.41) is 9.86. The van der Waals surface area contributed by atoms with Gasteiger partial charge in [-0.3, -0.25) is 4.79 Å². The Morgan fingerprint density at radius 2 is 1.76 bits per heavy atom. The minimum Gasteiger partial charge on any atom is -0.489 e. The van der Waals surface area contributed by atoms with Crippen molar-refractivity contribution in [2.24, 2.45) is 4.99 Å². The molecule has 3 aromatic carbocycles. The molecule has 4 rings (SSSR count). The monoisotopic (exact) mass is 458 g/mol. The largest absolute Gasteiger partial charge is 0.489 e. The van der Waals surface area contributed by atoms with Gasteiger partial charge in [0.15, 0.2) is 5.17 Å². The van der Waals surface area contributed by atoms with Crippen LogP contribution >= 0.6 is 11.8 Å². The van der Waals surface area contributed by atoms with E-state index in [2.05, 4.69) is 17.1 Å². The molecule has 0 unspecified atom stereocenters. The van der Waals surface area contributed by atoms with Crippen LogP contribution < -0.4 is 9.64 Å². The number of aromatic carboxylic acids is 1. The van der Waals surface area contributed by atoms with Crippen LogP contribution in [0.4, 0.5) is 5.69 Å². The molecule has 0 spiro atoms. The predicted octanol–water partition coefficient (Wildman–Crippen LogP) is 5.38. The zero-order valence-electron chi connectivity index (χ0n) is 18.2. The number of carbonyl (C=O) groups excluding carboxylic acids is 1. The molecule has 33 heavy (non-hydrogen) atoms. The van der Waals surface area contributed by atoms with Crippen molar-refractivity contribution in [1.82, 2.24) is 0 Å². The third-order valence-corrected chi connectivity index (χ3v) is 6.16. The summed E-state index contributed by atoms with van der Waals surface area (Å²) < 4.78 is 5.84. The van der Waals surface area contributed by atoms with Crippen LogP contribution in [0.3, 0.4) is 0 Å². The SMILES string of the molecule is Cc1ccc(COc2ccc(/C=C3\SC(N(C)c4ccccc4C(=O)O)=NC3=O)cc2)cc1. The molecule has 1 aliphatic heterocycles. The highest BCUT2D eigenvalue weighted by atomic mass is 32.2. The summed E-state index contributed by atoms with van der Waals surface area (Å²) in [4.78, 5) is 30.2. The van der Waals surface area contributed by atoms with Crippen LogP contribution in [0.2, 0.25) is 0 Å². The van der Waals surface area contributed by atoms with Gasteiger partial charge in [-0.2, -0.15) is 4.99 Å². The minimum atomic E-state index is -1.03. The summed E-state index contributed by atoms with van der Waals surface area (Å²) >= 11 is 1.21. The molecule has 6 nitrogen and oxygen atoms in total. The summed E-state index contributed by atoms with van der Waals surface area (Å²) in [5.74, 6) is -0.646. The molecule has 0 fully saturated rings. The molecular formula is C26H22N2O4S. The lowest BCUT2D eigenvalue weighted by atomic mass is 10.1. The molecule has 1 amide bonds. The Morgan fingerprint density at radius 3 is 2.45 bits per heavy atom. The predicted molar refractivity (Wildman–Crippen MR) is 132 cm³/mol. The molecule has 1 heterocycles. The Kier molecular flexibility index (Phi) is 6.60. The number of thioether (sulfide) groups is 1. The fraction of sp³-hybridized carbons (Fsp3) is 0.115. The van der Waals surface area contributed by atoms with E-state index in [0.29, 0.717) is 22.4 Å². The zero-order chi connectivity index (χ0) is 23.4. The van der Waals surface area contributed by atoms with Crippen LogP contribution in [-0.2, 0) is 11.4 Å². The molecule has 0 saturated carbocycles. The van der Waals surface area contributed by atoms with E-state index in [1.165, 1.54) is 23.4 Å². The summed E-state index contributed by atoms with van der Waals surface area (Å²) in [6, 6.07) is 22.3. The summed E-state index contributed by atoms with van der Waals surface area (Å²) in [6.45, 7) is 2.53. The number of aryl methyl sites for hydroxylation is 1. The Morgan fingerprint density at radius 1 is 1.06 bits per heavy atom. The first-order valence-corrected chi connectivity index (χ1v) is 11.1. The number of ether oxygens (including phenoxy) is 1. The Balaban J connectivity index is 1.42. The number of hydrogen-bond acceptors (Lipinski definition) is 5. The molecule has 3 aromatic rings. The van der Waals surface area contributed by atoms with Crippen molar-refractivity contribution in [3.63, 3.8) is 0 Å². The lowest BCUT2D eigenvalue weighted by molar-refractivity contribution is -0.113. The topological polar surface area (TPSA) is 79.2 Å². The number of anilines is 1. The van der Waals surface area contributed by atoms with Crippen molar-refractivity contribution in [2.45, 2.75) is 13.5 Å². The lowest BCUT2D eigenvalue weighted by Crippen LogP contribution is -2.24. The molecule has 0 aromatic heterocycles. The second-order valence-electron chi connectivity index (χ2n) is 7.53. The van der Waals surface area contributed by atoms with Gasteiger partial charge in [0, 0.05) is 7.05 Å². The summed E-state index contributed by atoms with van der Waals surface area (Å²) in [6.07, 6.45) is 1.77. The molecule has 166 valence electrons. The summed E-state index contributed by atoms with van der Waals surface area (Å²) in [5.41, 5.74) is 3.77. The molecule has 7 heteroatoms. The van der Waals surface area contributed by atoms with Crippen molar-refractivity contribution >= 4 is 40.6 Å². The maximum atomic E-state index is 12.4. The number of amidine groups is 1. The van der Waals surface area contributed by atoms with E-state index in [9.17, 15) is 14.7 Å². The van der Waals surface area contributed by atoms with E-state index in [1.807, 2.05) is 43.3 Å². The van der Waals surface area contributed by atoms with Gasteiger partial charge in [-0.05, 0) is 60.2 Å². The first-order chi connectivity index (χ1) is 15.9. The minimum absolute atomic E-state index is 0.148. The van der Waals surface area contributed by atoms with Gasteiger partial charge in [-0.25, -0.2) is 4.79 Å². The standard InChI is InChI=1S/C26H22N2O4S/c1-17-7-9-19(10-8-17)16-32-20-13-11-18(12-14-20)15-23-24(29)27-26(33-23)28(2)22-6-4-3-5-21(22)25(30)31/h3-15H,16H2,1-2H3,(H,30,31)/b23-15-. The van der Waals surface area contributed by atoms with Gasteiger partial charge in [0.2, 0.25) is 0 Å². The van der Waals surface area contributed by atoms with E-state index >= 15 is 0 Å². The Hall–Kier alpha value is -3.84. The first kappa shape index (κ1) is 22.4. The number of carboxylic acids is 1. The van der Waals surface area contributed by atoms with E-state index in [4.69, 9.17) is 4.74 Å². The highest BCUT2D eigenvalue weighted by Crippen LogP contribution is 2.33. The molecule has 0 radical (unpaired) electrons. The molecule has 0 aliphatic carbocycles. The van der Waals surface area contributed by atoms with Gasteiger partial charge in [0.05, 0.1) is 16.2 Å². The second-order valence-corrected chi connectivity index (χ2v) is 8.54. The average molecular weight is 459 g/mol. The number of amides is 1. The second kappa shape index (κ2) is 9.75. The van der Waals surface area contributed by atoms with Gasteiger partial charge < -0.3 is 14.7 Å². The van der Waals surface area contributed by atoms with Crippen LogP contribution in [0.5, 0.6) is 5.75 Å². The van der Waals surface area contributed by atoms with Gasteiger partial charge in [-0.1, -0.05) is 54.1 Å². The third kappa shape index (κ3) is 5.32. The fourth-order valence-electron chi connectivity index (χ4n) is 3.25. The molecule has 1 aliphatic rings. The summed E-state index contributed by atoms with van der Waals surface area (Å²) in [7, 11) is 1.70. The Labute approximate surface area is 196 Å². The normalized spacial score (nSPS) is 14.3. The number of carboxylic acid groups (broad SMARTS) is 1. The highest BCUT2D eigenvalue weighted by Gasteiger charge is 2.26. The van der Waals surface area contributed by atoms with E-state index in [0.717, 1.165) is 16.9 Å². The molecular weight excluding hydrogens is 436 g/mol. The maximum absolute atomic E-state index is 12.4. The van der Waals surface area contributed by atoms with Crippen LogP contribution in [0, 0.1) is 6.92 Å². The smallest absolute Gasteiger partial charge is 0.337 e. The highest BCUT2D eigenvalue weighted by molar-refractivity contribution is 8.18. The Bertz CT molecular complexity index is 1250. The van der Waals surface area contributed by atoms with Crippen molar-refractivity contribution in [2.75, 3.05) is 11.9 Å². The van der Waals surface area contributed by atoms with Gasteiger partial charge in [0.25, 0.3) is 5.91 Å². The maximum Gasteiger partial charge on any atom is 0.337 e. The lowest BCUT2D eigenvalue weighted by Gasteiger charge is -2.19. The van der Waals surface area contributed by atoms with Gasteiger partial charge >= 0.3 is 5.97 Å².